The minimum Gasteiger partial charge on any atom is -0.366 e. The highest BCUT2D eigenvalue weighted by molar-refractivity contribution is 5.91. The fraction of sp³-hybridized carbons (Fsp3) is 0.346. The molecule has 1 atom stereocenters. The van der Waals surface area contributed by atoms with E-state index in [1.165, 1.54) is 5.56 Å². The monoisotopic (exact) mass is 412 g/mol. The summed E-state index contributed by atoms with van der Waals surface area (Å²) in [4.78, 5) is 21.5. The molecule has 0 fully saturated rings. The summed E-state index contributed by atoms with van der Waals surface area (Å²) in [5.74, 6) is 0.412. The van der Waals surface area contributed by atoms with E-state index in [-0.39, 0.29) is 17.3 Å². The molecule has 0 spiro atoms. The number of aryl methyl sites for hydroxylation is 1. The third-order valence-electron chi connectivity index (χ3n) is 5.91. The third-order valence-corrected chi connectivity index (χ3v) is 5.91. The topological polar surface area (TPSA) is 41.1 Å². The first-order valence-electron chi connectivity index (χ1n) is 10.5. The molecular weight excluding hydrogens is 384 g/mol. The van der Waals surface area contributed by atoms with Gasteiger partial charge in [0.1, 0.15) is 13.1 Å². The second kappa shape index (κ2) is 9.06. The van der Waals surface area contributed by atoms with Crippen molar-refractivity contribution in [3.05, 3.63) is 87.8 Å². The SMILES string of the molecule is [C-]#[N+]C(=Cc1cc2c(cc1C)N(CCC(=O)Nc1ccccc1)C(C)(C)CC2C)[N+]#[C-]. The van der Waals surface area contributed by atoms with Crippen LogP contribution >= 0.6 is 0 Å². The van der Waals surface area contributed by atoms with Crippen LogP contribution in [0.15, 0.2) is 48.3 Å². The number of fused-ring (bicyclic) bond motifs is 1. The molecule has 1 heterocycles. The molecule has 0 bridgehead atoms. The molecule has 1 aliphatic heterocycles. The van der Waals surface area contributed by atoms with Crippen LogP contribution in [0.2, 0.25) is 0 Å². The number of hydrogen-bond acceptors (Lipinski definition) is 2. The molecule has 1 aliphatic rings. The van der Waals surface area contributed by atoms with Crippen molar-refractivity contribution in [2.24, 2.45) is 0 Å². The number of carbonyl (C=O) groups is 1. The van der Waals surface area contributed by atoms with Gasteiger partial charge in [0.25, 0.3) is 0 Å². The van der Waals surface area contributed by atoms with Crippen LogP contribution in [-0.2, 0) is 4.79 Å². The molecule has 5 nitrogen and oxygen atoms in total. The molecular formula is C26H28N4O. The standard InChI is InChI=1S/C26H28N4O/c1-18-14-23-22(15-20(18)16-24(27-5)28-6)19(2)17-26(3,4)30(23)13-12-25(31)29-21-10-8-7-9-11-21/h7-11,14-16,19H,12-13,17H2,1-4H3,(H,29,31). The van der Waals surface area contributed by atoms with Crippen molar-refractivity contribution in [3.8, 4) is 0 Å². The van der Waals surface area contributed by atoms with Gasteiger partial charge >= 0.3 is 5.82 Å². The Morgan fingerprint density at radius 1 is 1.23 bits per heavy atom. The van der Waals surface area contributed by atoms with E-state index in [1.807, 2.05) is 37.3 Å². The summed E-state index contributed by atoms with van der Waals surface area (Å²) >= 11 is 0. The molecule has 0 aliphatic carbocycles. The Hall–Kier alpha value is -3.57. The summed E-state index contributed by atoms with van der Waals surface area (Å²) in [6, 6.07) is 13.8. The molecule has 1 amide bonds. The highest BCUT2D eigenvalue weighted by Gasteiger charge is 2.36. The number of hydrogen-bond donors (Lipinski definition) is 1. The summed E-state index contributed by atoms with van der Waals surface area (Å²) in [5, 5.41) is 2.97. The number of para-hydroxylation sites is 1. The van der Waals surface area contributed by atoms with Crippen LogP contribution < -0.4 is 10.2 Å². The van der Waals surface area contributed by atoms with Crippen LogP contribution in [0.1, 0.15) is 56.2 Å². The Morgan fingerprint density at radius 2 is 1.90 bits per heavy atom. The lowest BCUT2D eigenvalue weighted by molar-refractivity contribution is -0.116. The first-order valence-corrected chi connectivity index (χ1v) is 10.5. The zero-order chi connectivity index (χ0) is 22.6. The first-order chi connectivity index (χ1) is 14.7. The number of amides is 1. The molecule has 0 aromatic heterocycles. The molecule has 1 N–H and O–H groups in total. The first kappa shape index (κ1) is 22.1. The number of rotatable bonds is 5. The molecule has 0 saturated heterocycles. The lowest BCUT2D eigenvalue weighted by Crippen LogP contribution is -2.49. The van der Waals surface area contributed by atoms with Crippen LogP contribution in [0.5, 0.6) is 0 Å². The van der Waals surface area contributed by atoms with Crippen LogP contribution in [0.3, 0.4) is 0 Å². The molecule has 0 radical (unpaired) electrons. The Morgan fingerprint density at radius 3 is 2.55 bits per heavy atom. The van der Waals surface area contributed by atoms with Crippen LogP contribution in [0.4, 0.5) is 11.4 Å². The van der Waals surface area contributed by atoms with Crippen molar-refractivity contribution in [1.82, 2.24) is 0 Å². The Bertz CT molecular complexity index is 1070. The Kier molecular flexibility index (Phi) is 6.47. The van der Waals surface area contributed by atoms with E-state index < -0.39 is 0 Å². The van der Waals surface area contributed by atoms with Crippen LogP contribution in [0, 0.1) is 20.1 Å². The van der Waals surface area contributed by atoms with Gasteiger partial charge in [-0.25, -0.2) is 0 Å². The van der Waals surface area contributed by atoms with E-state index in [1.54, 1.807) is 6.08 Å². The average Bonchev–Trinajstić information content (AvgIpc) is 2.72. The summed E-state index contributed by atoms with van der Waals surface area (Å²) in [6.45, 7) is 23.6. The molecule has 158 valence electrons. The minimum atomic E-state index is -0.0819. The summed E-state index contributed by atoms with van der Waals surface area (Å²) in [5.41, 5.74) is 5.00. The van der Waals surface area contributed by atoms with Gasteiger partial charge in [0.2, 0.25) is 5.91 Å². The number of nitrogens with one attached hydrogen (secondary N) is 1. The van der Waals surface area contributed by atoms with Crippen molar-refractivity contribution in [1.29, 1.82) is 0 Å². The van der Waals surface area contributed by atoms with Gasteiger partial charge in [-0.2, -0.15) is 9.69 Å². The van der Waals surface area contributed by atoms with Gasteiger partial charge in [-0.05, 0) is 68.0 Å². The minimum absolute atomic E-state index is 0.00259. The third kappa shape index (κ3) is 4.95. The van der Waals surface area contributed by atoms with Gasteiger partial charge < -0.3 is 10.2 Å². The van der Waals surface area contributed by atoms with Gasteiger partial charge in [-0.15, -0.1) is 0 Å². The maximum Gasteiger partial charge on any atom is 0.519 e. The fourth-order valence-electron chi connectivity index (χ4n) is 4.42. The predicted octanol–water partition coefficient (Wildman–Crippen LogP) is 6.25. The Labute approximate surface area is 185 Å². The number of benzene rings is 2. The molecule has 1 unspecified atom stereocenters. The van der Waals surface area contributed by atoms with E-state index in [4.69, 9.17) is 13.1 Å². The lowest BCUT2D eigenvalue weighted by atomic mass is 9.79. The maximum absolute atomic E-state index is 12.5. The molecule has 2 aromatic carbocycles. The van der Waals surface area contributed by atoms with Gasteiger partial charge in [0, 0.05) is 36.0 Å². The maximum atomic E-state index is 12.5. The Balaban J connectivity index is 1.88. The smallest absolute Gasteiger partial charge is 0.366 e. The number of anilines is 2. The van der Waals surface area contributed by atoms with E-state index in [9.17, 15) is 4.79 Å². The van der Waals surface area contributed by atoms with Gasteiger partial charge in [-0.1, -0.05) is 31.2 Å². The number of nitrogens with zero attached hydrogens (tertiary/aromatic N) is 3. The fourth-order valence-corrected chi connectivity index (χ4v) is 4.42. The van der Waals surface area contributed by atoms with E-state index in [0.29, 0.717) is 18.9 Å². The molecule has 5 heteroatoms. The zero-order valence-corrected chi connectivity index (χ0v) is 18.6. The summed E-state index contributed by atoms with van der Waals surface area (Å²) in [6.07, 6.45) is 3.02. The van der Waals surface area contributed by atoms with Crippen molar-refractivity contribution < 1.29 is 4.79 Å². The lowest BCUT2D eigenvalue weighted by Gasteiger charge is -2.48. The highest BCUT2D eigenvalue weighted by atomic mass is 16.1. The molecule has 0 saturated carbocycles. The quantitative estimate of drug-likeness (QED) is 0.590. The van der Waals surface area contributed by atoms with Crippen molar-refractivity contribution in [2.45, 2.75) is 52.0 Å². The molecule has 2 aromatic rings. The normalized spacial score (nSPS) is 16.5. The molecule has 3 rings (SSSR count). The van der Waals surface area contributed by atoms with Crippen molar-refractivity contribution >= 4 is 23.4 Å². The van der Waals surface area contributed by atoms with E-state index in [0.717, 1.165) is 28.9 Å². The zero-order valence-electron chi connectivity index (χ0n) is 18.6. The molecule has 31 heavy (non-hydrogen) atoms. The summed E-state index contributed by atoms with van der Waals surface area (Å²) < 4.78 is 0. The van der Waals surface area contributed by atoms with Gasteiger partial charge in [0.15, 0.2) is 0 Å². The summed E-state index contributed by atoms with van der Waals surface area (Å²) in [7, 11) is 0. The highest BCUT2D eigenvalue weighted by Crippen LogP contribution is 2.44. The van der Waals surface area contributed by atoms with E-state index >= 15 is 0 Å². The second-order valence-corrected chi connectivity index (χ2v) is 8.73. The van der Waals surface area contributed by atoms with Crippen molar-refractivity contribution in [2.75, 3.05) is 16.8 Å². The van der Waals surface area contributed by atoms with Gasteiger partial charge in [0.05, 0.1) is 0 Å². The van der Waals surface area contributed by atoms with Gasteiger partial charge in [-0.3, -0.25) is 4.79 Å². The predicted molar refractivity (Wildman–Crippen MR) is 127 cm³/mol. The van der Waals surface area contributed by atoms with E-state index in [2.05, 4.69) is 52.8 Å². The van der Waals surface area contributed by atoms with Crippen LogP contribution in [-0.4, -0.2) is 18.0 Å². The largest absolute Gasteiger partial charge is 0.519 e. The second-order valence-electron chi connectivity index (χ2n) is 8.73. The van der Waals surface area contributed by atoms with Crippen LogP contribution in [0.25, 0.3) is 15.8 Å². The average molecular weight is 413 g/mol. The number of carbonyl (C=O) groups excluding carboxylic acids is 1. The van der Waals surface area contributed by atoms with Crippen molar-refractivity contribution in [3.63, 3.8) is 0 Å².